The number of ether oxygens (including phenoxy) is 2. The van der Waals surface area contributed by atoms with Gasteiger partial charge in [-0.25, -0.2) is 0 Å². The van der Waals surface area contributed by atoms with E-state index < -0.39 is 0 Å². The van der Waals surface area contributed by atoms with Crippen LogP contribution in [-0.2, 0) is 13.1 Å². The molecule has 28 heavy (non-hydrogen) atoms. The molecule has 0 amide bonds. The van der Waals surface area contributed by atoms with E-state index in [0.29, 0.717) is 16.8 Å². The Labute approximate surface area is 172 Å². The van der Waals surface area contributed by atoms with Crippen molar-refractivity contribution in [3.63, 3.8) is 0 Å². The highest BCUT2D eigenvalue weighted by Gasteiger charge is 2.27. The maximum atomic E-state index is 9.57. The van der Waals surface area contributed by atoms with E-state index in [2.05, 4.69) is 34.1 Å². The molecule has 6 heteroatoms. The van der Waals surface area contributed by atoms with Gasteiger partial charge in [0.2, 0.25) is 0 Å². The summed E-state index contributed by atoms with van der Waals surface area (Å²) in [5, 5.41) is 10.2. The highest BCUT2D eigenvalue weighted by Crippen LogP contribution is 2.35. The third-order valence-electron chi connectivity index (χ3n) is 5.29. The van der Waals surface area contributed by atoms with E-state index in [9.17, 15) is 5.11 Å². The van der Waals surface area contributed by atoms with Crippen LogP contribution >= 0.6 is 11.6 Å². The number of hydrogen-bond acceptors (Lipinski definition) is 5. The Balaban J connectivity index is 1.71. The molecule has 2 aromatic carbocycles. The largest absolute Gasteiger partial charge is 0.493 e. The Kier molecular flexibility index (Phi) is 7.57. The summed E-state index contributed by atoms with van der Waals surface area (Å²) >= 11 is 6.27. The van der Waals surface area contributed by atoms with E-state index in [1.54, 1.807) is 20.3 Å². The number of aliphatic hydroxyl groups is 1. The molecule has 1 fully saturated rings. The van der Waals surface area contributed by atoms with Crippen LogP contribution in [0.15, 0.2) is 42.5 Å². The van der Waals surface area contributed by atoms with Crippen LogP contribution in [0.3, 0.4) is 0 Å². The van der Waals surface area contributed by atoms with Gasteiger partial charge < -0.3 is 14.6 Å². The van der Waals surface area contributed by atoms with Crippen molar-refractivity contribution >= 4 is 11.6 Å². The molecule has 5 nitrogen and oxygen atoms in total. The van der Waals surface area contributed by atoms with Gasteiger partial charge in [0.15, 0.2) is 11.5 Å². The van der Waals surface area contributed by atoms with Crippen molar-refractivity contribution in [3.8, 4) is 11.5 Å². The second kappa shape index (κ2) is 10.1. The van der Waals surface area contributed by atoms with Crippen molar-refractivity contribution in [3.05, 3.63) is 58.6 Å². The van der Waals surface area contributed by atoms with E-state index in [1.165, 1.54) is 5.56 Å². The number of aliphatic hydroxyl groups excluding tert-OH is 1. The van der Waals surface area contributed by atoms with Crippen molar-refractivity contribution in [2.45, 2.75) is 25.6 Å². The van der Waals surface area contributed by atoms with Gasteiger partial charge in [-0.05, 0) is 18.1 Å². The van der Waals surface area contributed by atoms with E-state index in [0.717, 1.165) is 50.5 Å². The summed E-state index contributed by atoms with van der Waals surface area (Å²) in [6.45, 7) is 4.64. The number of methoxy groups -OCH3 is 2. The molecule has 1 aliphatic heterocycles. The zero-order chi connectivity index (χ0) is 19.9. The van der Waals surface area contributed by atoms with E-state index >= 15 is 0 Å². The lowest BCUT2D eigenvalue weighted by atomic mass is 10.1. The zero-order valence-electron chi connectivity index (χ0n) is 16.6. The van der Waals surface area contributed by atoms with Crippen LogP contribution in [0.4, 0.5) is 0 Å². The summed E-state index contributed by atoms with van der Waals surface area (Å²) in [7, 11) is 3.28. The average Bonchev–Trinajstić information content (AvgIpc) is 2.70. The lowest BCUT2D eigenvalue weighted by Crippen LogP contribution is -2.52. The van der Waals surface area contributed by atoms with Crippen molar-refractivity contribution in [1.82, 2.24) is 9.80 Å². The molecule has 0 spiro atoms. The summed E-state index contributed by atoms with van der Waals surface area (Å²) in [4.78, 5) is 4.87. The molecule has 1 heterocycles. The minimum absolute atomic E-state index is 0.193. The molecule has 0 aliphatic carbocycles. The fourth-order valence-corrected chi connectivity index (χ4v) is 4.14. The third-order valence-corrected chi connectivity index (χ3v) is 5.51. The number of benzene rings is 2. The lowest BCUT2D eigenvalue weighted by molar-refractivity contribution is 0.0496. The number of halogens is 1. The molecular formula is C22H29ClN2O3. The van der Waals surface area contributed by atoms with Gasteiger partial charge in [0.25, 0.3) is 0 Å². The number of hydrogen-bond donors (Lipinski definition) is 1. The van der Waals surface area contributed by atoms with Crippen LogP contribution in [-0.4, -0.2) is 61.4 Å². The highest BCUT2D eigenvalue weighted by molar-refractivity contribution is 6.30. The van der Waals surface area contributed by atoms with Crippen LogP contribution in [0.5, 0.6) is 11.5 Å². The number of rotatable bonds is 8. The van der Waals surface area contributed by atoms with E-state index in [-0.39, 0.29) is 6.61 Å². The van der Waals surface area contributed by atoms with Crippen LogP contribution in [0.1, 0.15) is 17.5 Å². The van der Waals surface area contributed by atoms with Gasteiger partial charge >= 0.3 is 0 Å². The number of nitrogens with zero attached hydrogens (tertiary/aromatic N) is 2. The van der Waals surface area contributed by atoms with Gasteiger partial charge in [0.1, 0.15) is 0 Å². The first-order chi connectivity index (χ1) is 13.6. The molecule has 3 rings (SSSR count). The first kappa shape index (κ1) is 20.9. The molecular weight excluding hydrogens is 376 g/mol. The molecule has 0 saturated carbocycles. The van der Waals surface area contributed by atoms with Crippen molar-refractivity contribution in [2.75, 3.05) is 40.5 Å². The Hall–Kier alpha value is -1.79. The van der Waals surface area contributed by atoms with Crippen LogP contribution in [0.2, 0.25) is 5.02 Å². The molecule has 1 saturated heterocycles. The fourth-order valence-electron chi connectivity index (χ4n) is 3.91. The van der Waals surface area contributed by atoms with Gasteiger partial charge in [-0.15, -0.1) is 0 Å². The summed E-state index contributed by atoms with van der Waals surface area (Å²) in [5.74, 6) is 1.39. The van der Waals surface area contributed by atoms with Crippen molar-refractivity contribution < 1.29 is 14.6 Å². The van der Waals surface area contributed by atoms with Crippen molar-refractivity contribution in [1.29, 1.82) is 0 Å². The fraction of sp³-hybridized carbons (Fsp3) is 0.455. The predicted octanol–water partition coefficient (Wildman–Crippen LogP) is 3.43. The SMILES string of the molecule is COc1cc(Cl)cc(CN2CCN(Cc3ccccc3)C(CCO)C2)c1OC. The van der Waals surface area contributed by atoms with Crippen LogP contribution in [0, 0.1) is 0 Å². The minimum Gasteiger partial charge on any atom is -0.493 e. The predicted molar refractivity (Wildman–Crippen MR) is 112 cm³/mol. The van der Waals surface area contributed by atoms with Gasteiger partial charge in [-0.3, -0.25) is 9.80 Å². The molecule has 152 valence electrons. The second-order valence-corrected chi connectivity index (χ2v) is 7.59. The van der Waals surface area contributed by atoms with Gasteiger partial charge in [-0.2, -0.15) is 0 Å². The quantitative estimate of drug-likeness (QED) is 0.730. The van der Waals surface area contributed by atoms with E-state index in [1.807, 2.05) is 12.1 Å². The molecule has 0 bridgehead atoms. The van der Waals surface area contributed by atoms with Gasteiger partial charge in [-0.1, -0.05) is 41.9 Å². The first-order valence-corrected chi connectivity index (χ1v) is 10.0. The summed E-state index contributed by atoms with van der Waals surface area (Å²) < 4.78 is 11.0. The Bertz CT molecular complexity index is 757. The summed E-state index contributed by atoms with van der Waals surface area (Å²) in [6, 6.07) is 14.5. The topological polar surface area (TPSA) is 45.2 Å². The monoisotopic (exact) mass is 404 g/mol. The Morgan fingerprint density at radius 3 is 2.54 bits per heavy atom. The lowest BCUT2D eigenvalue weighted by Gasteiger charge is -2.41. The molecule has 2 aromatic rings. The molecule has 1 atom stereocenters. The molecule has 1 unspecified atom stereocenters. The minimum atomic E-state index is 0.193. The molecule has 0 radical (unpaired) electrons. The van der Waals surface area contributed by atoms with Crippen LogP contribution in [0.25, 0.3) is 0 Å². The van der Waals surface area contributed by atoms with Gasteiger partial charge in [0, 0.05) is 62.0 Å². The van der Waals surface area contributed by atoms with E-state index in [4.69, 9.17) is 21.1 Å². The second-order valence-electron chi connectivity index (χ2n) is 7.16. The van der Waals surface area contributed by atoms with Crippen molar-refractivity contribution in [2.24, 2.45) is 0 Å². The molecule has 1 aliphatic rings. The first-order valence-electron chi connectivity index (χ1n) is 9.66. The Morgan fingerprint density at radius 1 is 1.07 bits per heavy atom. The zero-order valence-corrected chi connectivity index (χ0v) is 17.4. The number of piperazine rings is 1. The molecule has 0 aromatic heterocycles. The normalized spacial score (nSPS) is 18.2. The molecule has 1 N–H and O–H groups in total. The smallest absolute Gasteiger partial charge is 0.165 e. The third kappa shape index (κ3) is 5.17. The maximum Gasteiger partial charge on any atom is 0.165 e. The Morgan fingerprint density at radius 2 is 1.86 bits per heavy atom. The summed E-state index contributed by atoms with van der Waals surface area (Å²) in [5.41, 5.74) is 2.33. The highest BCUT2D eigenvalue weighted by atomic mass is 35.5. The summed E-state index contributed by atoms with van der Waals surface area (Å²) in [6.07, 6.45) is 0.763. The van der Waals surface area contributed by atoms with Crippen LogP contribution < -0.4 is 9.47 Å². The standard InChI is InChI=1S/C22H29ClN2O3/c1-27-21-13-19(23)12-18(22(21)28-2)15-24-9-10-25(20(16-24)8-11-26)14-17-6-4-3-5-7-17/h3-7,12-13,20,26H,8-11,14-16H2,1-2H3. The average molecular weight is 405 g/mol. The van der Waals surface area contributed by atoms with Gasteiger partial charge in [0.05, 0.1) is 14.2 Å². The maximum absolute atomic E-state index is 9.57.